The van der Waals surface area contributed by atoms with E-state index in [-0.39, 0.29) is 5.91 Å². The Kier molecular flexibility index (Phi) is 3.43. The Bertz CT molecular complexity index is 557. The molecule has 3 aliphatic heterocycles. The molecule has 0 bridgehead atoms. The number of hydrogen-bond acceptors (Lipinski definition) is 3. The molecule has 1 aromatic carbocycles. The van der Waals surface area contributed by atoms with Gasteiger partial charge in [-0.05, 0) is 55.5 Å². The molecule has 0 aliphatic carbocycles. The predicted molar refractivity (Wildman–Crippen MR) is 82.1 cm³/mol. The molecule has 4 rings (SSSR count). The van der Waals surface area contributed by atoms with E-state index < -0.39 is 0 Å². The Balaban J connectivity index is 1.41. The van der Waals surface area contributed by atoms with Crippen molar-refractivity contribution in [3.05, 3.63) is 34.9 Å². The summed E-state index contributed by atoms with van der Waals surface area (Å²) >= 11 is 0. The van der Waals surface area contributed by atoms with Gasteiger partial charge in [-0.1, -0.05) is 6.07 Å². The van der Waals surface area contributed by atoms with Crippen molar-refractivity contribution in [2.24, 2.45) is 0 Å². The van der Waals surface area contributed by atoms with Gasteiger partial charge in [-0.2, -0.15) is 0 Å². The minimum absolute atomic E-state index is 0.0983. The molecule has 4 nitrogen and oxygen atoms in total. The second kappa shape index (κ2) is 5.43. The molecular weight excluding hydrogens is 262 g/mol. The smallest absolute Gasteiger partial charge is 0.251 e. The molecule has 0 aromatic heterocycles. The van der Waals surface area contributed by atoms with Gasteiger partial charge in [0.2, 0.25) is 0 Å². The monoisotopic (exact) mass is 285 g/mol. The van der Waals surface area contributed by atoms with Gasteiger partial charge >= 0.3 is 0 Å². The molecule has 0 radical (unpaired) electrons. The molecule has 4 heteroatoms. The Morgan fingerprint density at radius 3 is 3.05 bits per heavy atom. The van der Waals surface area contributed by atoms with Gasteiger partial charge in [0.25, 0.3) is 5.91 Å². The summed E-state index contributed by atoms with van der Waals surface area (Å²) in [5, 5.41) is 6.58. The number of carbonyl (C=O) groups excluding carboxylic acids is 1. The van der Waals surface area contributed by atoms with Crippen LogP contribution in [0.3, 0.4) is 0 Å². The number of benzene rings is 1. The van der Waals surface area contributed by atoms with Crippen molar-refractivity contribution in [3.63, 3.8) is 0 Å². The van der Waals surface area contributed by atoms with Crippen LogP contribution in [0.2, 0.25) is 0 Å². The maximum Gasteiger partial charge on any atom is 0.251 e. The fourth-order valence-corrected chi connectivity index (χ4v) is 4.06. The summed E-state index contributed by atoms with van der Waals surface area (Å²) in [6, 6.07) is 7.15. The minimum atomic E-state index is 0.0983. The van der Waals surface area contributed by atoms with Crippen molar-refractivity contribution >= 4 is 5.91 Å². The fourth-order valence-electron chi connectivity index (χ4n) is 4.06. The van der Waals surface area contributed by atoms with Crippen LogP contribution in [0, 0.1) is 0 Å². The molecule has 2 atom stereocenters. The molecule has 0 saturated carbocycles. The van der Waals surface area contributed by atoms with Gasteiger partial charge < -0.3 is 15.5 Å². The van der Waals surface area contributed by atoms with Crippen molar-refractivity contribution in [1.82, 2.24) is 15.5 Å². The highest BCUT2D eigenvalue weighted by molar-refractivity contribution is 5.94. The van der Waals surface area contributed by atoms with Gasteiger partial charge in [0.05, 0.1) is 0 Å². The van der Waals surface area contributed by atoms with Crippen LogP contribution >= 0.6 is 0 Å². The average molecular weight is 285 g/mol. The van der Waals surface area contributed by atoms with E-state index in [1.807, 2.05) is 6.07 Å². The Morgan fingerprint density at radius 1 is 1.19 bits per heavy atom. The van der Waals surface area contributed by atoms with Gasteiger partial charge in [0, 0.05) is 37.3 Å². The minimum Gasteiger partial charge on any atom is -0.349 e. The summed E-state index contributed by atoms with van der Waals surface area (Å²) in [5.41, 5.74) is 3.41. The van der Waals surface area contributed by atoms with E-state index >= 15 is 0 Å². The largest absolute Gasteiger partial charge is 0.349 e. The van der Waals surface area contributed by atoms with E-state index in [1.165, 1.54) is 30.5 Å². The predicted octanol–water partition coefficient (Wildman–Crippen LogP) is 1.65. The number of nitrogens with zero attached hydrogens (tertiary/aromatic N) is 1. The molecule has 0 spiro atoms. The summed E-state index contributed by atoms with van der Waals surface area (Å²) in [5.74, 6) is 0.0983. The topological polar surface area (TPSA) is 44.4 Å². The summed E-state index contributed by atoms with van der Waals surface area (Å²) < 4.78 is 0. The highest BCUT2D eigenvalue weighted by Crippen LogP contribution is 2.27. The second-order valence-electron chi connectivity index (χ2n) is 6.61. The lowest BCUT2D eigenvalue weighted by atomic mass is 9.97. The lowest BCUT2D eigenvalue weighted by Gasteiger charge is -2.35. The number of carbonyl (C=O) groups is 1. The zero-order valence-corrected chi connectivity index (χ0v) is 12.4. The molecule has 21 heavy (non-hydrogen) atoms. The van der Waals surface area contributed by atoms with Crippen molar-refractivity contribution in [3.8, 4) is 0 Å². The number of amides is 1. The van der Waals surface area contributed by atoms with Gasteiger partial charge in [-0.15, -0.1) is 0 Å². The summed E-state index contributed by atoms with van der Waals surface area (Å²) in [6.45, 7) is 4.21. The van der Waals surface area contributed by atoms with Crippen LogP contribution < -0.4 is 10.6 Å². The first-order valence-electron chi connectivity index (χ1n) is 8.17. The molecule has 1 aromatic rings. The van der Waals surface area contributed by atoms with Gasteiger partial charge in [0.1, 0.15) is 0 Å². The Hall–Kier alpha value is -1.39. The molecule has 3 aliphatic rings. The van der Waals surface area contributed by atoms with Crippen molar-refractivity contribution < 1.29 is 4.79 Å². The van der Waals surface area contributed by atoms with Crippen LogP contribution in [0.4, 0.5) is 0 Å². The van der Waals surface area contributed by atoms with Gasteiger partial charge in [0.15, 0.2) is 0 Å². The first-order chi connectivity index (χ1) is 10.3. The Labute approximate surface area is 125 Å². The van der Waals surface area contributed by atoms with Crippen LogP contribution in [-0.2, 0) is 13.1 Å². The third-order valence-electron chi connectivity index (χ3n) is 5.26. The maximum atomic E-state index is 12.5. The molecule has 2 N–H and O–H groups in total. The highest BCUT2D eigenvalue weighted by Gasteiger charge is 2.32. The molecule has 1 amide bonds. The van der Waals surface area contributed by atoms with E-state index in [2.05, 4.69) is 27.7 Å². The summed E-state index contributed by atoms with van der Waals surface area (Å²) in [4.78, 5) is 15.0. The van der Waals surface area contributed by atoms with E-state index in [0.29, 0.717) is 12.1 Å². The third kappa shape index (κ3) is 2.58. The van der Waals surface area contributed by atoms with E-state index in [4.69, 9.17) is 0 Å². The average Bonchev–Trinajstić information content (AvgIpc) is 3.14. The van der Waals surface area contributed by atoms with E-state index in [0.717, 1.165) is 38.0 Å². The van der Waals surface area contributed by atoms with Gasteiger partial charge in [-0.25, -0.2) is 0 Å². The lowest BCUT2D eigenvalue weighted by molar-refractivity contribution is 0.0896. The number of piperidine rings is 1. The number of hydrogen-bond donors (Lipinski definition) is 2. The van der Waals surface area contributed by atoms with Crippen LogP contribution in [0.5, 0.6) is 0 Å². The number of rotatable bonds is 2. The Morgan fingerprint density at radius 2 is 2.10 bits per heavy atom. The third-order valence-corrected chi connectivity index (χ3v) is 5.26. The molecular formula is C17H23N3O. The fraction of sp³-hybridized carbons (Fsp3) is 0.588. The van der Waals surface area contributed by atoms with Crippen LogP contribution in [0.1, 0.15) is 47.2 Å². The molecule has 2 fully saturated rings. The van der Waals surface area contributed by atoms with Gasteiger partial charge in [-0.3, -0.25) is 4.79 Å². The summed E-state index contributed by atoms with van der Waals surface area (Å²) in [6.07, 6.45) is 4.84. The maximum absolute atomic E-state index is 12.5. The van der Waals surface area contributed by atoms with Crippen LogP contribution in [0.25, 0.3) is 0 Å². The lowest BCUT2D eigenvalue weighted by Crippen LogP contribution is -2.47. The number of fused-ring (bicyclic) bond motifs is 2. The highest BCUT2D eigenvalue weighted by atomic mass is 16.1. The second-order valence-corrected chi connectivity index (χ2v) is 6.61. The molecule has 2 saturated heterocycles. The van der Waals surface area contributed by atoms with Crippen LogP contribution in [0.15, 0.2) is 18.2 Å². The van der Waals surface area contributed by atoms with E-state index in [1.54, 1.807) is 0 Å². The molecule has 2 unspecified atom stereocenters. The molecule has 112 valence electrons. The molecule has 3 heterocycles. The standard InChI is InChI=1S/C17H23N3O/c21-17(12-3-4-13-10-18-11-14(13)8-12)19-15-5-7-20-6-1-2-16(20)9-15/h3-4,8,15-16,18H,1-2,5-7,9-11H2,(H,19,21). The first-order valence-corrected chi connectivity index (χ1v) is 8.17. The van der Waals surface area contributed by atoms with Crippen molar-refractivity contribution in [2.45, 2.75) is 50.9 Å². The normalized spacial score (nSPS) is 28.2. The summed E-state index contributed by atoms with van der Waals surface area (Å²) in [7, 11) is 0. The quantitative estimate of drug-likeness (QED) is 0.868. The van der Waals surface area contributed by atoms with Crippen LogP contribution in [-0.4, -0.2) is 36.0 Å². The zero-order valence-electron chi connectivity index (χ0n) is 12.4. The zero-order chi connectivity index (χ0) is 14.2. The first kappa shape index (κ1) is 13.3. The van der Waals surface area contributed by atoms with Crippen molar-refractivity contribution in [1.29, 1.82) is 0 Å². The number of nitrogens with one attached hydrogen (secondary N) is 2. The SMILES string of the molecule is O=C(NC1CCN2CCCC2C1)c1ccc2c(c1)CNC2. The van der Waals surface area contributed by atoms with E-state index in [9.17, 15) is 4.79 Å². The van der Waals surface area contributed by atoms with Crippen molar-refractivity contribution in [2.75, 3.05) is 13.1 Å².